The molecule has 0 saturated heterocycles. The number of hydrogen-bond acceptors (Lipinski definition) is 2. The van der Waals surface area contributed by atoms with Gasteiger partial charge in [0.25, 0.3) is 0 Å². The summed E-state index contributed by atoms with van der Waals surface area (Å²) in [7, 11) is 0. The average molecular weight is 615 g/mol. The van der Waals surface area contributed by atoms with E-state index in [1.54, 1.807) is 13.0 Å². The molecule has 0 saturated carbocycles. The highest BCUT2D eigenvalue weighted by Crippen LogP contribution is 2.44. The zero-order valence-corrected chi connectivity index (χ0v) is 20.1. The molecule has 2 aromatic carbocycles. The van der Waals surface area contributed by atoms with Gasteiger partial charge in [-0.05, 0) is 102 Å². The number of aromatic hydroxyl groups is 2. The first-order chi connectivity index (χ1) is 10.5. The first-order valence-corrected chi connectivity index (χ1v) is 10.1. The van der Waals surface area contributed by atoms with Crippen LogP contribution in [0.1, 0.15) is 16.7 Å². The van der Waals surface area contributed by atoms with Crippen molar-refractivity contribution in [3.63, 3.8) is 0 Å². The van der Waals surface area contributed by atoms with Crippen LogP contribution in [0.2, 0.25) is 10.0 Å². The standard InChI is InChI=1S/C8H8Cl2O.C7H4Br4O/c1-4-3-6(11)8(10)5(2)7(4)9;1-2-3(8)4(9)5(10)6(11)7(2)12/h3,11H,1-2H3;12H,1H3. The summed E-state index contributed by atoms with van der Waals surface area (Å²) < 4.78 is 3.22. The minimum atomic E-state index is 0.0890. The predicted octanol–water partition coefficient (Wildman–Crippen LogP) is 8.07. The molecule has 0 aliphatic heterocycles. The maximum Gasteiger partial charge on any atom is 0.135 e. The quantitative estimate of drug-likeness (QED) is 0.233. The Morgan fingerprint density at radius 3 is 1.74 bits per heavy atom. The van der Waals surface area contributed by atoms with E-state index in [-0.39, 0.29) is 11.5 Å². The third-order valence-corrected chi connectivity index (χ3v) is 9.06. The summed E-state index contributed by atoms with van der Waals surface area (Å²) in [5, 5.41) is 19.7. The van der Waals surface area contributed by atoms with Crippen LogP contribution in [0.25, 0.3) is 0 Å². The SMILES string of the molecule is Cc1c(O)c(Br)c(Br)c(Br)c1Br.Cc1cc(O)c(Cl)c(C)c1Cl. The van der Waals surface area contributed by atoms with E-state index < -0.39 is 0 Å². The molecule has 2 N–H and O–H groups in total. The fourth-order valence-corrected chi connectivity index (χ4v) is 4.29. The van der Waals surface area contributed by atoms with Crippen molar-refractivity contribution in [1.82, 2.24) is 0 Å². The van der Waals surface area contributed by atoms with E-state index in [0.717, 1.165) is 30.1 Å². The van der Waals surface area contributed by atoms with Gasteiger partial charge >= 0.3 is 0 Å². The average Bonchev–Trinajstić information content (AvgIpc) is 2.53. The van der Waals surface area contributed by atoms with Gasteiger partial charge in [-0.25, -0.2) is 0 Å². The van der Waals surface area contributed by atoms with E-state index in [9.17, 15) is 10.2 Å². The molecule has 2 rings (SSSR count). The first kappa shape index (κ1) is 21.6. The number of hydrogen-bond donors (Lipinski definition) is 2. The molecule has 0 radical (unpaired) electrons. The summed E-state index contributed by atoms with van der Waals surface area (Å²) in [5.41, 5.74) is 2.37. The monoisotopic (exact) mass is 610 g/mol. The zero-order chi connectivity index (χ0) is 18.1. The van der Waals surface area contributed by atoms with E-state index in [2.05, 4.69) is 63.7 Å². The molecular weight excluding hydrogens is 603 g/mol. The lowest BCUT2D eigenvalue weighted by Gasteiger charge is -2.09. The zero-order valence-electron chi connectivity index (χ0n) is 12.2. The molecule has 0 aliphatic carbocycles. The Bertz CT molecular complexity index is 633. The normalized spacial score (nSPS) is 10.3. The Balaban J connectivity index is 0.000000231. The molecule has 8 heteroatoms. The summed E-state index contributed by atoms with van der Waals surface area (Å²) in [6.07, 6.45) is 0. The van der Waals surface area contributed by atoms with E-state index in [1.165, 1.54) is 0 Å². The molecule has 0 heterocycles. The lowest BCUT2D eigenvalue weighted by Crippen LogP contribution is -1.83. The van der Waals surface area contributed by atoms with Crippen molar-refractivity contribution >= 4 is 86.9 Å². The van der Waals surface area contributed by atoms with Crippen molar-refractivity contribution in [3.8, 4) is 11.5 Å². The minimum absolute atomic E-state index is 0.0890. The predicted molar refractivity (Wildman–Crippen MR) is 111 cm³/mol. The molecule has 126 valence electrons. The van der Waals surface area contributed by atoms with Gasteiger partial charge < -0.3 is 10.2 Å². The number of phenolic OH excluding ortho intramolecular Hbond substituents is 2. The number of aryl methyl sites for hydroxylation is 1. The van der Waals surface area contributed by atoms with Gasteiger partial charge in [-0.15, -0.1) is 0 Å². The number of rotatable bonds is 0. The van der Waals surface area contributed by atoms with Gasteiger partial charge in [0.2, 0.25) is 0 Å². The van der Waals surface area contributed by atoms with Crippen molar-refractivity contribution in [2.75, 3.05) is 0 Å². The molecule has 2 nitrogen and oxygen atoms in total. The summed E-state index contributed by atoms with van der Waals surface area (Å²) >= 11 is 24.9. The van der Waals surface area contributed by atoms with E-state index in [1.807, 2.05) is 13.8 Å². The highest BCUT2D eigenvalue weighted by atomic mass is 79.9. The van der Waals surface area contributed by atoms with Gasteiger partial charge in [-0.3, -0.25) is 0 Å². The second kappa shape index (κ2) is 8.77. The molecule has 23 heavy (non-hydrogen) atoms. The summed E-state index contributed by atoms with van der Waals surface area (Å²) in [4.78, 5) is 0. The number of halogens is 6. The molecule has 0 atom stereocenters. The number of phenols is 2. The maximum absolute atomic E-state index is 9.56. The topological polar surface area (TPSA) is 40.5 Å². The van der Waals surface area contributed by atoms with Crippen LogP contribution in [0.5, 0.6) is 11.5 Å². The fraction of sp³-hybridized carbons (Fsp3) is 0.200. The summed E-state index contributed by atoms with van der Waals surface area (Å²) in [6, 6.07) is 1.55. The largest absolute Gasteiger partial charge is 0.506 e. The smallest absolute Gasteiger partial charge is 0.135 e. The van der Waals surface area contributed by atoms with Crippen LogP contribution in [-0.4, -0.2) is 10.2 Å². The van der Waals surface area contributed by atoms with Gasteiger partial charge in [0.05, 0.1) is 14.0 Å². The molecule has 0 aliphatic rings. The van der Waals surface area contributed by atoms with Crippen molar-refractivity contribution in [2.45, 2.75) is 20.8 Å². The molecular formula is C15H12Br4Cl2O2. The third kappa shape index (κ3) is 4.79. The van der Waals surface area contributed by atoms with Gasteiger partial charge in [-0.2, -0.15) is 0 Å². The minimum Gasteiger partial charge on any atom is -0.506 e. The van der Waals surface area contributed by atoms with E-state index in [0.29, 0.717) is 14.5 Å². The third-order valence-electron chi connectivity index (χ3n) is 3.05. The van der Waals surface area contributed by atoms with Crippen LogP contribution in [-0.2, 0) is 0 Å². The maximum atomic E-state index is 9.56. The summed E-state index contributed by atoms with van der Waals surface area (Å²) in [5.74, 6) is 0.336. The molecule has 0 bridgehead atoms. The molecule has 0 fully saturated rings. The molecule has 0 unspecified atom stereocenters. The van der Waals surface area contributed by atoms with Crippen LogP contribution in [0, 0.1) is 20.8 Å². The highest BCUT2D eigenvalue weighted by Gasteiger charge is 2.15. The molecule has 0 spiro atoms. The molecule has 0 amide bonds. The van der Waals surface area contributed by atoms with E-state index in [4.69, 9.17) is 23.2 Å². The Morgan fingerprint density at radius 1 is 0.739 bits per heavy atom. The van der Waals surface area contributed by atoms with Crippen molar-refractivity contribution in [2.24, 2.45) is 0 Å². The van der Waals surface area contributed by atoms with Crippen LogP contribution in [0.3, 0.4) is 0 Å². The van der Waals surface area contributed by atoms with Gasteiger partial charge in [-0.1, -0.05) is 23.2 Å². The van der Waals surface area contributed by atoms with Crippen molar-refractivity contribution in [1.29, 1.82) is 0 Å². The van der Waals surface area contributed by atoms with E-state index >= 15 is 0 Å². The lowest BCUT2D eigenvalue weighted by molar-refractivity contribution is 0.466. The second-order valence-electron chi connectivity index (χ2n) is 4.70. The number of benzene rings is 2. The Kier molecular flexibility index (Phi) is 8.23. The van der Waals surface area contributed by atoms with Gasteiger partial charge in [0, 0.05) is 19.5 Å². The first-order valence-electron chi connectivity index (χ1n) is 6.16. The second-order valence-corrected chi connectivity index (χ2v) is 8.62. The molecule has 2 aromatic rings. The van der Waals surface area contributed by atoms with Crippen LogP contribution in [0.4, 0.5) is 0 Å². The fourth-order valence-electron chi connectivity index (χ4n) is 1.65. The van der Waals surface area contributed by atoms with Gasteiger partial charge in [0.1, 0.15) is 11.5 Å². The lowest BCUT2D eigenvalue weighted by atomic mass is 10.1. The van der Waals surface area contributed by atoms with Crippen LogP contribution in [0.15, 0.2) is 24.0 Å². The van der Waals surface area contributed by atoms with Gasteiger partial charge in [0.15, 0.2) is 0 Å². The Morgan fingerprint density at radius 2 is 1.22 bits per heavy atom. The highest BCUT2D eigenvalue weighted by molar-refractivity contribution is 9.15. The van der Waals surface area contributed by atoms with Crippen molar-refractivity contribution in [3.05, 3.63) is 50.7 Å². The van der Waals surface area contributed by atoms with Crippen molar-refractivity contribution < 1.29 is 10.2 Å². The van der Waals surface area contributed by atoms with Crippen LogP contribution >= 0.6 is 86.9 Å². The van der Waals surface area contributed by atoms with Crippen LogP contribution < -0.4 is 0 Å². The molecule has 0 aromatic heterocycles. The Labute approximate surface area is 178 Å². The Hall–Kier alpha value is 0.540. The summed E-state index contributed by atoms with van der Waals surface area (Å²) in [6.45, 7) is 5.43.